The number of nitrogens with zero attached hydrogens (tertiary/aromatic N) is 1. The van der Waals surface area contributed by atoms with E-state index in [0.717, 1.165) is 94.7 Å². The molecular weight excluding hydrogens is 627 g/mol. The highest BCUT2D eigenvalue weighted by molar-refractivity contribution is 6.25. The van der Waals surface area contributed by atoms with Gasteiger partial charge in [-0.2, -0.15) is 0 Å². The van der Waals surface area contributed by atoms with Gasteiger partial charge in [-0.15, -0.1) is 0 Å². The Morgan fingerprint density at radius 1 is 0.373 bits per heavy atom. The van der Waals surface area contributed by atoms with Crippen molar-refractivity contribution in [2.75, 3.05) is 4.90 Å². The van der Waals surface area contributed by atoms with Crippen LogP contribution in [0.5, 0.6) is 0 Å². The van der Waals surface area contributed by atoms with E-state index in [1.807, 2.05) is 30.3 Å². The maximum absolute atomic E-state index is 6.79. The Hall–Kier alpha value is -6.78. The maximum Gasteiger partial charge on any atom is 0.146 e. The van der Waals surface area contributed by atoms with Crippen molar-refractivity contribution in [2.24, 2.45) is 0 Å². The fourth-order valence-corrected chi connectivity index (χ4v) is 7.17. The monoisotopic (exact) mass is 657 g/mol. The maximum atomic E-state index is 6.79. The minimum absolute atomic E-state index is 0.790. The van der Waals surface area contributed by atoms with Gasteiger partial charge in [0.1, 0.15) is 34.0 Å². The van der Waals surface area contributed by atoms with Crippen molar-refractivity contribution >= 4 is 60.7 Å². The quantitative estimate of drug-likeness (QED) is 0.178. The molecule has 0 aliphatic heterocycles. The Morgan fingerprint density at radius 3 is 1.45 bits per heavy atom. The standard InChI is InChI=1S/C47H31NO3/c1-30-17-19-32(20-18-30)42-26-34-25-39-38(27-45(34)49-42)40-28-43(50-47(40)41-29-44(51-46(39)41)31-11-5-2-6-12-31)33-21-23-37(24-22-33)48(35-13-7-3-8-14-35)36-15-9-4-10-16-36/h2-29H,1H3. The first-order valence-electron chi connectivity index (χ1n) is 17.2. The zero-order valence-electron chi connectivity index (χ0n) is 27.8. The van der Waals surface area contributed by atoms with Crippen LogP contribution < -0.4 is 4.90 Å². The molecule has 10 aromatic rings. The van der Waals surface area contributed by atoms with Crippen molar-refractivity contribution in [3.8, 4) is 34.0 Å². The zero-order chi connectivity index (χ0) is 33.9. The van der Waals surface area contributed by atoms with E-state index < -0.39 is 0 Å². The fraction of sp³-hybridized carbons (Fsp3) is 0.0213. The van der Waals surface area contributed by atoms with E-state index in [-0.39, 0.29) is 0 Å². The number of para-hydroxylation sites is 2. The van der Waals surface area contributed by atoms with E-state index in [0.29, 0.717) is 0 Å². The number of aryl methyl sites for hydroxylation is 1. The van der Waals surface area contributed by atoms with Crippen molar-refractivity contribution in [3.63, 3.8) is 0 Å². The summed E-state index contributed by atoms with van der Waals surface area (Å²) in [5.74, 6) is 2.43. The van der Waals surface area contributed by atoms with E-state index >= 15 is 0 Å². The van der Waals surface area contributed by atoms with Gasteiger partial charge >= 0.3 is 0 Å². The van der Waals surface area contributed by atoms with E-state index in [4.69, 9.17) is 13.3 Å². The summed E-state index contributed by atoms with van der Waals surface area (Å²) in [6, 6.07) is 58.8. The summed E-state index contributed by atoms with van der Waals surface area (Å²) in [5, 5.41) is 5.03. The molecule has 0 fully saturated rings. The third-order valence-electron chi connectivity index (χ3n) is 9.73. The van der Waals surface area contributed by atoms with Crippen molar-refractivity contribution < 1.29 is 13.3 Å². The normalized spacial score (nSPS) is 11.6. The van der Waals surface area contributed by atoms with Crippen LogP contribution in [-0.4, -0.2) is 0 Å². The lowest BCUT2D eigenvalue weighted by Crippen LogP contribution is -2.09. The lowest BCUT2D eigenvalue weighted by Gasteiger charge is -2.25. The molecule has 51 heavy (non-hydrogen) atoms. The largest absolute Gasteiger partial charge is 0.456 e. The summed E-state index contributed by atoms with van der Waals surface area (Å²) < 4.78 is 19.9. The Morgan fingerprint density at radius 2 is 0.843 bits per heavy atom. The van der Waals surface area contributed by atoms with Gasteiger partial charge in [-0.1, -0.05) is 96.6 Å². The molecule has 0 aliphatic rings. The van der Waals surface area contributed by atoms with Crippen molar-refractivity contribution in [2.45, 2.75) is 6.92 Å². The van der Waals surface area contributed by atoms with Crippen LogP contribution in [0.2, 0.25) is 0 Å². The first-order valence-corrected chi connectivity index (χ1v) is 17.2. The van der Waals surface area contributed by atoms with Crippen LogP contribution in [0, 0.1) is 6.92 Å². The topological polar surface area (TPSA) is 42.7 Å². The highest BCUT2D eigenvalue weighted by atomic mass is 16.4. The molecule has 4 heteroatoms. The van der Waals surface area contributed by atoms with Gasteiger partial charge in [0.25, 0.3) is 0 Å². The summed E-state index contributed by atoms with van der Waals surface area (Å²) in [6.07, 6.45) is 0. The van der Waals surface area contributed by atoms with Crippen LogP contribution in [0.15, 0.2) is 183 Å². The number of hydrogen-bond donors (Lipinski definition) is 0. The average molecular weight is 658 g/mol. The number of rotatable bonds is 6. The van der Waals surface area contributed by atoms with E-state index in [9.17, 15) is 0 Å². The molecule has 0 aliphatic carbocycles. The number of anilines is 3. The molecular formula is C47H31NO3. The second-order valence-corrected chi connectivity index (χ2v) is 13.0. The second kappa shape index (κ2) is 11.7. The predicted octanol–water partition coefficient (Wildman–Crippen LogP) is 13.9. The number of benzene rings is 7. The smallest absolute Gasteiger partial charge is 0.146 e. The van der Waals surface area contributed by atoms with Crippen LogP contribution >= 0.6 is 0 Å². The van der Waals surface area contributed by atoms with E-state index in [1.165, 1.54) is 5.56 Å². The molecule has 242 valence electrons. The molecule has 0 N–H and O–H groups in total. The summed E-state index contributed by atoms with van der Waals surface area (Å²) in [6.45, 7) is 2.09. The second-order valence-electron chi connectivity index (χ2n) is 13.0. The Bertz CT molecular complexity index is 2790. The lowest BCUT2D eigenvalue weighted by molar-refractivity contribution is 0.629. The molecule has 0 saturated carbocycles. The van der Waals surface area contributed by atoms with Gasteiger partial charge in [0.2, 0.25) is 0 Å². The van der Waals surface area contributed by atoms with E-state index in [2.05, 4.69) is 151 Å². The molecule has 0 atom stereocenters. The molecule has 3 heterocycles. The minimum atomic E-state index is 0.790. The third kappa shape index (κ3) is 5.00. The van der Waals surface area contributed by atoms with Crippen LogP contribution in [0.3, 0.4) is 0 Å². The molecule has 0 amide bonds. The molecule has 0 saturated heterocycles. The Balaban J connectivity index is 1.14. The Labute approximate surface area is 294 Å². The summed E-state index contributed by atoms with van der Waals surface area (Å²) in [4.78, 5) is 2.26. The molecule has 0 radical (unpaired) electrons. The number of hydrogen-bond acceptors (Lipinski definition) is 4. The molecule has 0 bridgehead atoms. The number of fused-ring (bicyclic) bond motifs is 7. The molecule has 10 rings (SSSR count). The summed E-state index contributed by atoms with van der Waals surface area (Å²) in [5.41, 5.74) is 9.94. The van der Waals surface area contributed by atoms with Crippen LogP contribution in [-0.2, 0) is 0 Å². The molecule has 0 unspecified atom stereocenters. The Kier molecular flexibility index (Phi) is 6.68. The summed E-state index contributed by atoms with van der Waals surface area (Å²) >= 11 is 0. The predicted molar refractivity (Wildman–Crippen MR) is 209 cm³/mol. The third-order valence-corrected chi connectivity index (χ3v) is 9.73. The van der Waals surface area contributed by atoms with Crippen molar-refractivity contribution in [3.05, 3.63) is 175 Å². The van der Waals surface area contributed by atoms with Gasteiger partial charge in [0.15, 0.2) is 0 Å². The van der Waals surface area contributed by atoms with Crippen LogP contribution in [0.25, 0.3) is 77.7 Å². The molecule has 0 spiro atoms. The fourth-order valence-electron chi connectivity index (χ4n) is 7.17. The highest BCUT2D eigenvalue weighted by Gasteiger charge is 2.21. The van der Waals surface area contributed by atoms with Gasteiger partial charge in [-0.05, 0) is 85.8 Å². The van der Waals surface area contributed by atoms with Crippen LogP contribution in [0.1, 0.15) is 5.56 Å². The van der Waals surface area contributed by atoms with Gasteiger partial charge in [-0.25, -0.2) is 0 Å². The number of furan rings is 3. The van der Waals surface area contributed by atoms with Gasteiger partial charge in [0, 0.05) is 55.3 Å². The average Bonchev–Trinajstić information content (AvgIpc) is 3.94. The zero-order valence-corrected chi connectivity index (χ0v) is 27.8. The SMILES string of the molecule is Cc1ccc(-c2cc3cc4c(cc3o2)c2cc(-c3ccc(N(c5ccccc5)c5ccccc5)cc3)oc2c2cc(-c3ccccc3)oc42)cc1. The van der Waals surface area contributed by atoms with E-state index in [1.54, 1.807) is 0 Å². The minimum Gasteiger partial charge on any atom is -0.456 e. The van der Waals surface area contributed by atoms with Crippen molar-refractivity contribution in [1.29, 1.82) is 0 Å². The van der Waals surface area contributed by atoms with Gasteiger partial charge in [0.05, 0.1) is 5.39 Å². The van der Waals surface area contributed by atoms with Crippen LogP contribution in [0.4, 0.5) is 17.1 Å². The summed E-state index contributed by atoms with van der Waals surface area (Å²) in [7, 11) is 0. The molecule has 4 nitrogen and oxygen atoms in total. The first-order chi connectivity index (χ1) is 25.2. The molecule has 7 aromatic carbocycles. The van der Waals surface area contributed by atoms with Crippen molar-refractivity contribution in [1.82, 2.24) is 0 Å². The highest BCUT2D eigenvalue weighted by Crippen LogP contribution is 2.45. The first kappa shape index (κ1) is 29.2. The lowest BCUT2D eigenvalue weighted by atomic mass is 10.0. The molecule has 3 aromatic heterocycles. The van der Waals surface area contributed by atoms with Gasteiger partial charge in [-0.3, -0.25) is 0 Å². The van der Waals surface area contributed by atoms with Gasteiger partial charge < -0.3 is 18.2 Å².